The van der Waals surface area contributed by atoms with E-state index < -0.39 is 23.6 Å². The molecule has 0 bridgehead atoms. The second-order valence-electron chi connectivity index (χ2n) is 9.43. The lowest BCUT2D eigenvalue weighted by Crippen LogP contribution is -2.60. The number of nitrogens with zero attached hydrogens (tertiary/aromatic N) is 1. The molecule has 1 heterocycles. The standard InChI is InChI=1S/C27H36F3N5O2S/c1-3-4-12-35-13-11-23(32-15-18-5-8-20(38-2)9-6-18)24(17-35)34-25(36)16-33-26(37)21-14-19(27(28,29)30)7-10-22(21)31/h5-10,14,23-24,32H,3-4,11-13,15-17,31H2,1-2H3,(H,33,37)(H,34,36)/t23-,24+/m0/s1. The molecule has 0 aliphatic carbocycles. The summed E-state index contributed by atoms with van der Waals surface area (Å²) in [5, 5.41) is 8.98. The Kier molecular flexibility index (Phi) is 10.9. The SMILES string of the molecule is CCCCN1CC[C@H](NCc2ccc(SC)cc2)[C@H](NC(=O)CNC(=O)c2cc(C(F)(F)F)ccc2N)C1. The van der Waals surface area contributed by atoms with Crippen LogP contribution in [0.5, 0.6) is 0 Å². The number of carbonyl (C=O) groups excluding carboxylic acids is 2. The van der Waals surface area contributed by atoms with Gasteiger partial charge in [0.05, 0.1) is 23.7 Å². The number of unbranched alkanes of at least 4 members (excludes halogenated alkanes) is 1. The van der Waals surface area contributed by atoms with Gasteiger partial charge in [-0.1, -0.05) is 25.5 Å². The van der Waals surface area contributed by atoms with Crippen molar-refractivity contribution >= 4 is 29.3 Å². The van der Waals surface area contributed by atoms with Gasteiger partial charge in [-0.2, -0.15) is 13.2 Å². The average Bonchev–Trinajstić information content (AvgIpc) is 2.90. The number of nitrogens with two attached hydrogens (primary N) is 1. The van der Waals surface area contributed by atoms with Crippen molar-refractivity contribution in [3.05, 3.63) is 59.2 Å². The quantitative estimate of drug-likeness (QED) is 0.250. The maximum Gasteiger partial charge on any atom is 0.416 e. The molecule has 0 unspecified atom stereocenters. The number of carbonyl (C=O) groups is 2. The highest BCUT2D eigenvalue weighted by atomic mass is 32.2. The van der Waals surface area contributed by atoms with E-state index in [0.29, 0.717) is 19.2 Å². The summed E-state index contributed by atoms with van der Waals surface area (Å²) in [6, 6.07) is 10.7. The van der Waals surface area contributed by atoms with Crippen LogP contribution in [0.4, 0.5) is 18.9 Å². The van der Waals surface area contributed by atoms with Gasteiger partial charge >= 0.3 is 6.18 Å². The van der Waals surface area contributed by atoms with Crippen molar-refractivity contribution < 1.29 is 22.8 Å². The molecule has 3 rings (SSSR count). The Bertz CT molecular complexity index is 1080. The summed E-state index contributed by atoms with van der Waals surface area (Å²) in [5.74, 6) is -1.25. The molecule has 0 spiro atoms. The number of nitrogen functional groups attached to an aromatic ring is 1. The number of rotatable bonds is 11. The van der Waals surface area contributed by atoms with Crippen LogP contribution < -0.4 is 21.7 Å². The average molecular weight is 552 g/mol. The summed E-state index contributed by atoms with van der Waals surface area (Å²) in [7, 11) is 0. The highest BCUT2D eigenvalue weighted by Crippen LogP contribution is 2.31. The summed E-state index contributed by atoms with van der Waals surface area (Å²) in [6.07, 6.45) is 0.416. The maximum absolute atomic E-state index is 13.0. The normalized spacial score (nSPS) is 18.2. The molecule has 1 fully saturated rings. The lowest BCUT2D eigenvalue weighted by atomic mass is 9.98. The zero-order chi connectivity index (χ0) is 27.7. The Morgan fingerprint density at radius 1 is 1.13 bits per heavy atom. The summed E-state index contributed by atoms with van der Waals surface area (Å²) in [4.78, 5) is 28.8. The molecule has 5 N–H and O–H groups in total. The maximum atomic E-state index is 13.0. The highest BCUT2D eigenvalue weighted by molar-refractivity contribution is 7.98. The van der Waals surface area contributed by atoms with E-state index in [2.05, 4.69) is 52.0 Å². The topological polar surface area (TPSA) is 99.5 Å². The zero-order valence-electron chi connectivity index (χ0n) is 21.7. The smallest absolute Gasteiger partial charge is 0.398 e. The lowest BCUT2D eigenvalue weighted by molar-refractivity contribution is -0.137. The first-order valence-corrected chi connectivity index (χ1v) is 14.0. The molecule has 0 aromatic heterocycles. The minimum atomic E-state index is -4.61. The molecule has 2 amide bonds. The van der Waals surface area contributed by atoms with E-state index in [1.807, 2.05) is 6.26 Å². The fraction of sp³-hybridized carbons (Fsp3) is 0.481. The number of hydrogen-bond donors (Lipinski definition) is 4. The van der Waals surface area contributed by atoms with Gasteiger partial charge in [-0.15, -0.1) is 11.8 Å². The van der Waals surface area contributed by atoms with Gasteiger partial charge in [0.1, 0.15) is 0 Å². The van der Waals surface area contributed by atoms with Crippen LogP contribution >= 0.6 is 11.8 Å². The molecular weight excluding hydrogens is 515 g/mol. The summed E-state index contributed by atoms with van der Waals surface area (Å²) >= 11 is 1.68. The number of likely N-dealkylation sites (tertiary alicyclic amines) is 1. The monoisotopic (exact) mass is 551 g/mol. The fourth-order valence-corrected chi connectivity index (χ4v) is 4.84. The van der Waals surface area contributed by atoms with Gasteiger partial charge in [-0.3, -0.25) is 9.59 Å². The van der Waals surface area contributed by atoms with Gasteiger partial charge in [0, 0.05) is 29.7 Å². The van der Waals surface area contributed by atoms with E-state index in [4.69, 9.17) is 5.73 Å². The number of thioether (sulfide) groups is 1. The van der Waals surface area contributed by atoms with Crippen molar-refractivity contribution in [3.63, 3.8) is 0 Å². The largest absolute Gasteiger partial charge is 0.416 e. The number of alkyl halides is 3. The Morgan fingerprint density at radius 3 is 2.53 bits per heavy atom. The van der Waals surface area contributed by atoms with Crippen molar-refractivity contribution in [1.82, 2.24) is 20.9 Å². The van der Waals surface area contributed by atoms with Crippen LogP contribution in [0, 0.1) is 0 Å². The number of piperidine rings is 1. The molecule has 11 heteroatoms. The van der Waals surface area contributed by atoms with Crippen molar-refractivity contribution in [2.24, 2.45) is 0 Å². The first-order chi connectivity index (χ1) is 18.1. The second kappa shape index (κ2) is 13.9. The minimum Gasteiger partial charge on any atom is -0.398 e. The van der Waals surface area contributed by atoms with E-state index >= 15 is 0 Å². The number of halogens is 3. The third-order valence-corrected chi connectivity index (χ3v) is 7.38. The van der Waals surface area contributed by atoms with Crippen molar-refractivity contribution in [3.8, 4) is 0 Å². The molecule has 38 heavy (non-hydrogen) atoms. The molecule has 0 radical (unpaired) electrons. The molecule has 2 atom stereocenters. The third kappa shape index (κ3) is 8.64. The second-order valence-corrected chi connectivity index (χ2v) is 10.3. The number of amides is 2. The Morgan fingerprint density at radius 2 is 1.87 bits per heavy atom. The van der Waals surface area contributed by atoms with Gasteiger partial charge < -0.3 is 26.6 Å². The van der Waals surface area contributed by atoms with Crippen molar-refractivity contribution in [1.29, 1.82) is 0 Å². The summed E-state index contributed by atoms with van der Waals surface area (Å²) in [5.41, 5.74) is 5.47. The summed E-state index contributed by atoms with van der Waals surface area (Å²) in [6.45, 7) is 4.95. The highest BCUT2D eigenvalue weighted by Gasteiger charge is 2.32. The van der Waals surface area contributed by atoms with Crippen LogP contribution in [0.25, 0.3) is 0 Å². The molecule has 2 aromatic carbocycles. The van der Waals surface area contributed by atoms with E-state index in [1.54, 1.807) is 11.8 Å². The first-order valence-electron chi connectivity index (χ1n) is 12.7. The molecule has 1 saturated heterocycles. The predicted octanol–water partition coefficient (Wildman–Crippen LogP) is 3.89. The molecule has 1 aliphatic rings. The van der Waals surface area contributed by atoms with E-state index in [1.165, 1.54) is 4.90 Å². The van der Waals surface area contributed by atoms with Crippen LogP contribution in [0.15, 0.2) is 47.4 Å². The number of hydrogen-bond acceptors (Lipinski definition) is 6. The zero-order valence-corrected chi connectivity index (χ0v) is 22.6. The van der Waals surface area contributed by atoms with E-state index in [9.17, 15) is 22.8 Å². The van der Waals surface area contributed by atoms with Crippen LogP contribution in [0.2, 0.25) is 0 Å². The number of nitrogens with one attached hydrogen (secondary N) is 3. The van der Waals surface area contributed by atoms with Gasteiger partial charge in [-0.05, 0) is 68.1 Å². The predicted molar refractivity (Wildman–Crippen MR) is 145 cm³/mol. The van der Waals surface area contributed by atoms with Gasteiger partial charge in [0.25, 0.3) is 5.91 Å². The first kappa shape index (κ1) is 29.8. The van der Waals surface area contributed by atoms with E-state index in [0.717, 1.165) is 50.0 Å². The Hall–Kier alpha value is -2.76. The number of benzene rings is 2. The summed E-state index contributed by atoms with van der Waals surface area (Å²) < 4.78 is 39.1. The van der Waals surface area contributed by atoms with Crippen molar-refractivity contribution in [2.75, 3.05) is 38.2 Å². The Labute approximate surface area is 226 Å². The third-order valence-electron chi connectivity index (χ3n) is 6.63. The van der Waals surface area contributed by atoms with Crippen LogP contribution in [-0.2, 0) is 17.5 Å². The van der Waals surface area contributed by atoms with Gasteiger partial charge in [0.2, 0.25) is 5.91 Å². The van der Waals surface area contributed by atoms with E-state index in [-0.39, 0.29) is 29.9 Å². The molecular formula is C27H36F3N5O2S. The lowest BCUT2D eigenvalue weighted by Gasteiger charge is -2.39. The van der Waals surface area contributed by atoms with Gasteiger partial charge in [0.15, 0.2) is 0 Å². The fourth-order valence-electron chi connectivity index (χ4n) is 4.43. The van der Waals surface area contributed by atoms with Crippen LogP contribution in [-0.4, -0.2) is 61.2 Å². The van der Waals surface area contributed by atoms with Crippen LogP contribution in [0.1, 0.15) is 47.7 Å². The molecule has 208 valence electrons. The van der Waals surface area contributed by atoms with Gasteiger partial charge in [-0.25, -0.2) is 0 Å². The molecule has 1 aliphatic heterocycles. The number of anilines is 1. The van der Waals surface area contributed by atoms with Crippen molar-refractivity contribution in [2.45, 2.75) is 55.9 Å². The van der Waals surface area contributed by atoms with Crippen LogP contribution in [0.3, 0.4) is 0 Å². The Balaban J connectivity index is 1.60. The minimum absolute atomic E-state index is 0.0341. The molecule has 0 saturated carbocycles. The molecule has 2 aromatic rings. The molecule has 7 nitrogen and oxygen atoms in total.